The SMILES string of the molecule is O=c1c2c(nc3c(-c4cccs4)c[nH]n13)CCC2. The Bertz CT molecular complexity index is 783. The number of nitrogens with one attached hydrogen (secondary N) is 1. The summed E-state index contributed by atoms with van der Waals surface area (Å²) in [4.78, 5) is 18.1. The first kappa shape index (κ1) is 10.1. The van der Waals surface area contributed by atoms with Gasteiger partial charge in [-0.15, -0.1) is 11.3 Å². The van der Waals surface area contributed by atoms with Crippen LogP contribution in [-0.4, -0.2) is 14.6 Å². The van der Waals surface area contributed by atoms with E-state index in [0.29, 0.717) is 0 Å². The minimum atomic E-state index is 0.0651. The third kappa shape index (κ3) is 1.25. The maximum absolute atomic E-state index is 12.3. The molecular weight excluding hydrogens is 246 g/mol. The van der Waals surface area contributed by atoms with Crippen LogP contribution in [0.3, 0.4) is 0 Å². The average molecular weight is 257 g/mol. The molecule has 0 fully saturated rings. The highest BCUT2D eigenvalue weighted by atomic mass is 32.1. The van der Waals surface area contributed by atoms with Gasteiger partial charge in [-0.3, -0.25) is 9.89 Å². The van der Waals surface area contributed by atoms with Gasteiger partial charge in [0, 0.05) is 16.6 Å². The second-order valence-corrected chi connectivity index (χ2v) is 5.47. The summed E-state index contributed by atoms with van der Waals surface area (Å²) < 4.78 is 1.57. The molecule has 18 heavy (non-hydrogen) atoms. The molecule has 0 unspecified atom stereocenters. The van der Waals surface area contributed by atoms with E-state index in [2.05, 4.69) is 10.1 Å². The summed E-state index contributed by atoms with van der Waals surface area (Å²) in [5.41, 5.74) is 3.69. The molecule has 0 radical (unpaired) electrons. The largest absolute Gasteiger partial charge is 0.296 e. The van der Waals surface area contributed by atoms with E-state index >= 15 is 0 Å². The fraction of sp³-hybridized carbons (Fsp3) is 0.231. The lowest BCUT2D eigenvalue weighted by Gasteiger charge is -2.00. The molecule has 1 N–H and O–H groups in total. The van der Waals surface area contributed by atoms with Crippen LogP contribution in [0.1, 0.15) is 17.7 Å². The van der Waals surface area contributed by atoms with Crippen LogP contribution in [0.15, 0.2) is 28.5 Å². The topological polar surface area (TPSA) is 50.2 Å². The molecule has 4 rings (SSSR count). The molecule has 90 valence electrons. The van der Waals surface area contributed by atoms with Gasteiger partial charge in [0.25, 0.3) is 5.56 Å². The molecule has 1 aliphatic rings. The number of aromatic amines is 1. The van der Waals surface area contributed by atoms with E-state index in [1.54, 1.807) is 15.9 Å². The van der Waals surface area contributed by atoms with Gasteiger partial charge in [0.2, 0.25) is 0 Å². The predicted molar refractivity (Wildman–Crippen MR) is 71.2 cm³/mol. The number of rotatable bonds is 1. The molecule has 3 aromatic rings. The van der Waals surface area contributed by atoms with Crippen LogP contribution in [0, 0.1) is 0 Å². The molecule has 0 aromatic carbocycles. The predicted octanol–water partition coefficient (Wildman–Crippen LogP) is 2.24. The third-order valence-electron chi connectivity index (χ3n) is 3.47. The van der Waals surface area contributed by atoms with Crippen molar-refractivity contribution in [1.29, 1.82) is 0 Å². The fourth-order valence-electron chi connectivity index (χ4n) is 2.60. The van der Waals surface area contributed by atoms with Crippen LogP contribution in [0.2, 0.25) is 0 Å². The van der Waals surface area contributed by atoms with Crippen LogP contribution < -0.4 is 5.56 Å². The summed E-state index contributed by atoms with van der Waals surface area (Å²) >= 11 is 1.66. The molecule has 0 atom stereocenters. The first-order valence-corrected chi connectivity index (χ1v) is 6.88. The number of aromatic nitrogens is 3. The third-order valence-corrected chi connectivity index (χ3v) is 4.37. The summed E-state index contributed by atoms with van der Waals surface area (Å²) in [5.74, 6) is 0. The second-order valence-electron chi connectivity index (χ2n) is 4.52. The van der Waals surface area contributed by atoms with Crippen LogP contribution in [-0.2, 0) is 12.8 Å². The Balaban J connectivity index is 2.09. The summed E-state index contributed by atoms with van der Waals surface area (Å²) in [5, 5.41) is 5.05. The zero-order valence-electron chi connectivity index (χ0n) is 9.64. The fourth-order valence-corrected chi connectivity index (χ4v) is 3.34. The van der Waals surface area contributed by atoms with E-state index in [9.17, 15) is 4.79 Å². The molecule has 0 spiro atoms. The van der Waals surface area contributed by atoms with E-state index in [4.69, 9.17) is 0 Å². The van der Waals surface area contributed by atoms with Gasteiger partial charge >= 0.3 is 0 Å². The van der Waals surface area contributed by atoms with Crippen molar-refractivity contribution in [2.24, 2.45) is 0 Å². The van der Waals surface area contributed by atoms with E-state index in [0.717, 1.165) is 46.6 Å². The maximum atomic E-state index is 12.3. The molecule has 4 nitrogen and oxygen atoms in total. The molecular formula is C13H11N3OS. The summed E-state index contributed by atoms with van der Waals surface area (Å²) in [7, 11) is 0. The Morgan fingerprint density at radius 3 is 3.17 bits per heavy atom. The van der Waals surface area contributed by atoms with Crippen molar-refractivity contribution >= 4 is 17.0 Å². The Morgan fingerprint density at radius 1 is 1.39 bits per heavy atom. The zero-order chi connectivity index (χ0) is 12.1. The molecule has 0 saturated carbocycles. The lowest BCUT2D eigenvalue weighted by Crippen LogP contribution is -2.20. The smallest absolute Gasteiger partial charge is 0.276 e. The van der Waals surface area contributed by atoms with Gasteiger partial charge in [0.05, 0.1) is 11.3 Å². The number of fused-ring (bicyclic) bond motifs is 2. The van der Waals surface area contributed by atoms with Gasteiger partial charge in [-0.05, 0) is 30.7 Å². The van der Waals surface area contributed by atoms with Gasteiger partial charge < -0.3 is 0 Å². The molecule has 0 saturated heterocycles. The van der Waals surface area contributed by atoms with Gasteiger partial charge in [-0.1, -0.05) is 6.07 Å². The highest BCUT2D eigenvalue weighted by molar-refractivity contribution is 7.13. The Kier molecular flexibility index (Phi) is 1.99. The van der Waals surface area contributed by atoms with Gasteiger partial charge in [-0.25, -0.2) is 9.50 Å². The first-order valence-electron chi connectivity index (χ1n) is 6.00. The number of thiophene rings is 1. The molecule has 0 aliphatic heterocycles. The number of hydrogen-bond acceptors (Lipinski definition) is 3. The zero-order valence-corrected chi connectivity index (χ0v) is 10.5. The highest BCUT2D eigenvalue weighted by Gasteiger charge is 2.20. The normalized spacial score (nSPS) is 14.2. The van der Waals surface area contributed by atoms with Crippen LogP contribution in [0.4, 0.5) is 0 Å². The van der Waals surface area contributed by atoms with Gasteiger partial charge in [0.1, 0.15) is 0 Å². The van der Waals surface area contributed by atoms with E-state index in [-0.39, 0.29) is 5.56 Å². The summed E-state index contributed by atoms with van der Waals surface area (Å²) in [6.45, 7) is 0. The van der Waals surface area contributed by atoms with Crippen molar-refractivity contribution in [3.05, 3.63) is 45.3 Å². The summed E-state index contributed by atoms with van der Waals surface area (Å²) in [6, 6.07) is 4.06. The lowest BCUT2D eigenvalue weighted by atomic mass is 10.2. The number of nitrogens with zero attached hydrogens (tertiary/aromatic N) is 2. The van der Waals surface area contributed by atoms with Gasteiger partial charge in [-0.2, -0.15) is 0 Å². The number of aryl methyl sites for hydroxylation is 1. The van der Waals surface area contributed by atoms with Crippen molar-refractivity contribution in [1.82, 2.24) is 14.6 Å². The minimum absolute atomic E-state index is 0.0651. The maximum Gasteiger partial charge on any atom is 0.276 e. The van der Waals surface area contributed by atoms with Crippen molar-refractivity contribution in [3.63, 3.8) is 0 Å². The molecule has 1 aliphatic carbocycles. The van der Waals surface area contributed by atoms with E-state index < -0.39 is 0 Å². The molecule has 3 heterocycles. The van der Waals surface area contributed by atoms with E-state index in [1.165, 1.54) is 0 Å². The van der Waals surface area contributed by atoms with Crippen LogP contribution in [0.25, 0.3) is 16.1 Å². The minimum Gasteiger partial charge on any atom is -0.296 e. The Morgan fingerprint density at radius 2 is 2.33 bits per heavy atom. The molecule has 0 amide bonds. The van der Waals surface area contributed by atoms with Crippen molar-refractivity contribution < 1.29 is 0 Å². The quantitative estimate of drug-likeness (QED) is 0.727. The lowest BCUT2D eigenvalue weighted by molar-refractivity contribution is 0.870. The number of H-pyrrole nitrogens is 1. The molecule has 3 aromatic heterocycles. The molecule has 5 heteroatoms. The Labute approximate surface area is 107 Å². The standard InChI is InChI=1S/C13H11N3OS/c17-13-8-3-1-4-10(8)15-12-9(7-14-16(12)13)11-5-2-6-18-11/h2,5-7,14H,1,3-4H2. The van der Waals surface area contributed by atoms with Crippen LogP contribution >= 0.6 is 11.3 Å². The highest BCUT2D eigenvalue weighted by Crippen LogP contribution is 2.28. The van der Waals surface area contributed by atoms with Crippen molar-refractivity contribution in [2.75, 3.05) is 0 Å². The van der Waals surface area contributed by atoms with Crippen molar-refractivity contribution in [3.8, 4) is 10.4 Å². The summed E-state index contributed by atoms with van der Waals surface area (Å²) in [6.07, 6.45) is 4.69. The van der Waals surface area contributed by atoms with E-state index in [1.807, 2.05) is 23.7 Å². The Hall–Kier alpha value is -1.88. The average Bonchev–Trinajstić information content (AvgIpc) is 3.08. The number of hydrogen-bond donors (Lipinski definition) is 1. The molecule has 0 bridgehead atoms. The first-order chi connectivity index (χ1) is 8.84. The van der Waals surface area contributed by atoms with Crippen molar-refractivity contribution in [2.45, 2.75) is 19.3 Å². The second kappa shape index (κ2) is 3.55. The monoisotopic (exact) mass is 257 g/mol. The van der Waals surface area contributed by atoms with Gasteiger partial charge in [0.15, 0.2) is 5.65 Å². The van der Waals surface area contributed by atoms with Crippen LogP contribution in [0.5, 0.6) is 0 Å².